The molecular weight excluding hydrogens is 164 g/mol. The number of carbonyl (C=O) groups excluding carboxylic acids is 1. The number of ketones is 1. The Labute approximate surface area is 76.6 Å². The number of hydrogen-bond acceptors (Lipinski definition) is 1. The van der Waals surface area contributed by atoms with Crippen LogP contribution in [0.15, 0.2) is 0 Å². The van der Waals surface area contributed by atoms with E-state index in [0.29, 0.717) is 11.7 Å². The van der Waals surface area contributed by atoms with Crippen LogP contribution in [0.1, 0.15) is 26.2 Å². The van der Waals surface area contributed by atoms with Crippen molar-refractivity contribution in [3.63, 3.8) is 0 Å². The summed E-state index contributed by atoms with van der Waals surface area (Å²) in [6.45, 7) is 6.83. The van der Waals surface area contributed by atoms with E-state index in [0.717, 1.165) is 6.42 Å². The van der Waals surface area contributed by atoms with Crippen LogP contribution < -0.4 is 0 Å². The first-order valence-electron chi connectivity index (χ1n) is 5.08. The minimum Gasteiger partial charge on any atom is -0.299 e. The Morgan fingerprint density at radius 3 is 2.67 bits per heavy atom. The predicted octanol–water partition coefficient (Wildman–Crippen LogP) is 3.08. The molecule has 0 saturated carbocycles. The molecule has 1 aliphatic heterocycles. The van der Waals surface area contributed by atoms with Crippen molar-refractivity contribution in [2.45, 2.75) is 51.4 Å². The van der Waals surface area contributed by atoms with Crippen LogP contribution >= 0.6 is 0 Å². The highest BCUT2D eigenvalue weighted by molar-refractivity contribution is 6.77. The maximum Gasteiger partial charge on any atom is 0.135 e. The molecule has 0 radical (unpaired) electrons. The molecule has 12 heavy (non-hydrogen) atoms. The highest BCUT2D eigenvalue weighted by Gasteiger charge is 2.32. The normalized spacial score (nSPS) is 28.4. The van der Waals surface area contributed by atoms with Crippen molar-refractivity contribution in [3.05, 3.63) is 0 Å². The van der Waals surface area contributed by atoms with Crippen LogP contribution in [0.3, 0.4) is 0 Å². The lowest BCUT2D eigenvalue weighted by Crippen LogP contribution is -2.35. The highest BCUT2D eigenvalue weighted by atomic mass is 28.3. The Hall–Kier alpha value is -0.113. The second-order valence-electron chi connectivity index (χ2n) is 4.78. The van der Waals surface area contributed by atoms with Gasteiger partial charge in [0.15, 0.2) is 0 Å². The van der Waals surface area contributed by atoms with E-state index in [2.05, 4.69) is 13.1 Å². The number of Topliss-reactive ketones (excluding diaryl/α,β-unsaturated/α-hetero) is 1. The van der Waals surface area contributed by atoms with Crippen LogP contribution in [0.25, 0.3) is 0 Å². The molecule has 0 N–H and O–H groups in total. The molecule has 0 aromatic heterocycles. The monoisotopic (exact) mass is 184 g/mol. The molecule has 1 fully saturated rings. The molecule has 0 aromatic carbocycles. The zero-order valence-corrected chi connectivity index (χ0v) is 9.52. The highest BCUT2D eigenvalue weighted by Crippen LogP contribution is 2.33. The Balaban J connectivity index is 2.52. The Morgan fingerprint density at radius 1 is 1.50 bits per heavy atom. The topological polar surface area (TPSA) is 17.1 Å². The summed E-state index contributed by atoms with van der Waals surface area (Å²) in [5, 5.41) is 0. The summed E-state index contributed by atoms with van der Waals surface area (Å²) in [4.78, 5) is 11.5. The average Bonchev–Trinajstić information content (AvgIpc) is 2.01. The van der Waals surface area contributed by atoms with Crippen LogP contribution in [0.4, 0.5) is 0 Å². The quantitative estimate of drug-likeness (QED) is 0.603. The molecule has 1 heterocycles. The predicted molar refractivity (Wildman–Crippen MR) is 55.1 cm³/mol. The fourth-order valence-electron chi connectivity index (χ4n) is 2.26. The number of rotatable bonds is 2. The minimum atomic E-state index is -0.953. The van der Waals surface area contributed by atoms with Crippen molar-refractivity contribution < 1.29 is 4.79 Å². The molecule has 0 amide bonds. The second-order valence-corrected chi connectivity index (χ2v) is 10.0. The fraction of sp³-hybridized carbons (Fsp3) is 0.900. The summed E-state index contributed by atoms with van der Waals surface area (Å²) in [6.07, 6.45) is 3.22. The summed E-state index contributed by atoms with van der Waals surface area (Å²) in [5.41, 5.74) is 0. The van der Waals surface area contributed by atoms with Crippen molar-refractivity contribution in [3.8, 4) is 0 Å². The summed E-state index contributed by atoms with van der Waals surface area (Å²) < 4.78 is 0. The van der Waals surface area contributed by atoms with Gasteiger partial charge in [-0.3, -0.25) is 4.79 Å². The van der Waals surface area contributed by atoms with E-state index >= 15 is 0 Å². The molecule has 1 rings (SSSR count). The SMILES string of the molecule is CCC(=O)C1CCC[Si](C)(C)C1. The van der Waals surface area contributed by atoms with Crippen LogP contribution in [0, 0.1) is 5.92 Å². The van der Waals surface area contributed by atoms with E-state index < -0.39 is 8.07 Å². The Bertz CT molecular complexity index is 175. The van der Waals surface area contributed by atoms with Gasteiger partial charge >= 0.3 is 0 Å². The molecule has 2 heteroatoms. The lowest BCUT2D eigenvalue weighted by Gasteiger charge is -2.32. The third kappa shape index (κ3) is 2.44. The first kappa shape index (κ1) is 9.97. The summed E-state index contributed by atoms with van der Waals surface area (Å²) in [6, 6.07) is 2.68. The van der Waals surface area contributed by atoms with E-state index in [-0.39, 0.29) is 0 Å². The van der Waals surface area contributed by atoms with Gasteiger partial charge in [-0.15, -0.1) is 0 Å². The third-order valence-electron chi connectivity index (χ3n) is 3.01. The van der Waals surface area contributed by atoms with Gasteiger partial charge in [0.05, 0.1) is 0 Å². The van der Waals surface area contributed by atoms with Crippen LogP contribution in [-0.4, -0.2) is 13.9 Å². The van der Waals surface area contributed by atoms with Crippen molar-refractivity contribution in [1.82, 2.24) is 0 Å². The van der Waals surface area contributed by atoms with E-state index in [1.165, 1.54) is 24.9 Å². The van der Waals surface area contributed by atoms with Crippen molar-refractivity contribution in [2.24, 2.45) is 5.92 Å². The Kier molecular flexibility index (Phi) is 3.10. The van der Waals surface area contributed by atoms with Gasteiger partial charge in [-0.1, -0.05) is 32.5 Å². The first-order chi connectivity index (χ1) is 5.55. The van der Waals surface area contributed by atoms with Gasteiger partial charge in [-0.25, -0.2) is 0 Å². The summed E-state index contributed by atoms with van der Waals surface area (Å²) >= 11 is 0. The van der Waals surface area contributed by atoms with Crippen LogP contribution in [-0.2, 0) is 4.79 Å². The average molecular weight is 184 g/mol. The van der Waals surface area contributed by atoms with Crippen molar-refractivity contribution in [2.75, 3.05) is 0 Å². The Morgan fingerprint density at radius 2 is 2.17 bits per heavy atom. The van der Waals surface area contributed by atoms with E-state index in [1.807, 2.05) is 6.92 Å². The van der Waals surface area contributed by atoms with Crippen molar-refractivity contribution >= 4 is 13.9 Å². The van der Waals surface area contributed by atoms with Gasteiger partial charge in [0.2, 0.25) is 0 Å². The minimum absolute atomic E-state index is 0.436. The standard InChI is InChI=1S/C10H20OSi/c1-4-10(11)9-6-5-7-12(2,3)8-9/h9H,4-8H2,1-3H3. The lowest BCUT2D eigenvalue weighted by molar-refractivity contribution is -0.122. The third-order valence-corrected chi connectivity index (χ3v) is 6.31. The molecule has 1 nitrogen and oxygen atoms in total. The lowest BCUT2D eigenvalue weighted by atomic mass is 9.98. The molecule has 1 aliphatic rings. The van der Waals surface area contributed by atoms with Crippen molar-refractivity contribution in [1.29, 1.82) is 0 Å². The zero-order valence-electron chi connectivity index (χ0n) is 8.52. The van der Waals surface area contributed by atoms with Gasteiger partial charge in [-0.2, -0.15) is 0 Å². The van der Waals surface area contributed by atoms with E-state index in [9.17, 15) is 4.79 Å². The maximum atomic E-state index is 11.5. The molecule has 0 spiro atoms. The van der Waals surface area contributed by atoms with E-state index in [4.69, 9.17) is 0 Å². The largest absolute Gasteiger partial charge is 0.299 e. The fourth-order valence-corrected chi connectivity index (χ4v) is 5.39. The molecule has 1 unspecified atom stereocenters. The molecule has 1 saturated heterocycles. The number of hydrogen-bond donors (Lipinski definition) is 0. The van der Waals surface area contributed by atoms with Crippen LogP contribution in [0.5, 0.6) is 0 Å². The number of carbonyl (C=O) groups is 1. The molecular formula is C10H20OSi. The van der Waals surface area contributed by atoms with E-state index in [1.54, 1.807) is 0 Å². The maximum absolute atomic E-state index is 11.5. The summed E-state index contributed by atoms with van der Waals surface area (Å²) in [7, 11) is -0.953. The molecule has 1 atom stereocenters. The van der Waals surface area contributed by atoms with Gasteiger partial charge in [0.25, 0.3) is 0 Å². The molecule has 0 aliphatic carbocycles. The van der Waals surface area contributed by atoms with Gasteiger partial charge < -0.3 is 0 Å². The van der Waals surface area contributed by atoms with Gasteiger partial charge in [0.1, 0.15) is 5.78 Å². The smallest absolute Gasteiger partial charge is 0.135 e. The summed E-state index contributed by atoms with van der Waals surface area (Å²) in [5.74, 6) is 0.945. The van der Waals surface area contributed by atoms with Gasteiger partial charge in [-0.05, 0) is 12.5 Å². The second kappa shape index (κ2) is 3.73. The zero-order chi connectivity index (χ0) is 9.19. The van der Waals surface area contributed by atoms with Gasteiger partial charge in [0, 0.05) is 20.4 Å². The molecule has 70 valence electrons. The first-order valence-corrected chi connectivity index (χ1v) is 8.49. The molecule has 0 bridgehead atoms. The molecule has 0 aromatic rings. The van der Waals surface area contributed by atoms with Crippen LogP contribution in [0.2, 0.25) is 25.2 Å².